The molecular formula is C19H17ClN2O4. The summed E-state index contributed by atoms with van der Waals surface area (Å²) in [4.78, 5) is 30.6. The summed E-state index contributed by atoms with van der Waals surface area (Å²) in [6.45, 7) is 0.501. The molecule has 0 saturated carbocycles. The van der Waals surface area contributed by atoms with Crippen LogP contribution in [0.2, 0.25) is 5.02 Å². The average Bonchev–Trinajstić information content (AvgIpc) is 2.91. The van der Waals surface area contributed by atoms with Crippen LogP contribution in [0.15, 0.2) is 54.4 Å². The largest absolute Gasteiger partial charge is 0.507 e. The highest BCUT2D eigenvalue weighted by molar-refractivity contribution is 6.46. The predicted octanol–water partition coefficient (Wildman–Crippen LogP) is 2.80. The number of aromatic nitrogens is 1. The molecule has 1 aliphatic rings. The first kappa shape index (κ1) is 18.1. The molecule has 134 valence electrons. The Morgan fingerprint density at radius 1 is 1.19 bits per heavy atom. The monoisotopic (exact) mass is 372 g/mol. The second-order valence-electron chi connectivity index (χ2n) is 5.77. The number of halogens is 1. The maximum atomic E-state index is 12.7. The smallest absolute Gasteiger partial charge is 0.295 e. The lowest BCUT2D eigenvalue weighted by Gasteiger charge is -2.24. The molecule has 0 radical (unpaired) electrons. The third-order valence-electron chi connectivity index (χ3n) is 4.22. The van der Waals surface area contributed by atoms with Gasteiger partial charge in [-0.15, -0.1) is 0 Å². The van der Waals surface area contributed by atoms with Gasteiger partial charge < -0.3 is 14.7 Å². The molecule has 1 atom stereocenters. The van der Waals surface area contributed by atoms with Gasteiger partial charge in [-0.3, -0.25) is 14.6 Å². The summed E-state index contributed by atoms with van der Waals surface area (Å²) in [5.41, 5.74) is 1.14. The van der Waals surface area contributed by atoms with E-state index in [1.165, 1.54) is 12.0 Å². The van der Waals surface area contributed by atoms with Gasteiger partial charge in [0.25, 0.3) is 11.7 Å². The fourth-order valence-electron chi connectivity index (χ4n) is 2.96. The van der Waals surface area contributed by atoms with Gasteiger partial charge >= 0.3 is 0 Å². The Kier molecular flexibility index (Phi) is 5.35. The number of carbonyl (C=O) groups is 2. The molecule has 0 bridgehead atoms. The number of pyridine rings is 1. The van der Waals surface area contributed by atoms with Crippen LogP contribution in [-0.4, -0.2) is 46.9 Å². The normalized spacial score (nSPS) is 19.2. The van der Waals surface area contributed by atoms with Crippen LogP contribution in [0.25, 0.3) is 5.76 Å². The number of aliphatic hydroxyl groups is 1. The van der Waals surface area contributed by atoms with Crippen LogP contribution in [0.1, 0.15) is 17.2 Å². The van der Waals surface area contributed by atoms with Crippen molar-refractivity contribution in [1.29, 1.82) is 0 Å². The number of hydrogen-bond acceptors (Lipinski definition) is 5. The molecule has 0 aliphatic carbocycles. The lowest BCUT2D eigenvalue weighted by molar-refractivity contribution is -0.140. The zero-order valence-corrected chi connectivity index (χ0v) is 14.8. The van der Waals surface area contributed by atoms with E-state index in [9.17, 15) is 14.7 Å². The van der Waals surface area contributed by atoms with Gasteiger partial charge in [-0.25, -0.2) is 0 Å². The predicted molar refractivity (Wildman–Crippen MR) is 96.6 cm³/mol. The Hall–Kier alpha value is -2.70. The van der Waals surface area contributed by atoms with Crippen LogP contribution in [-0.2, 0) is 14.3 Å². The number of ether oxygens (including phenoxy) is 1. The van der Waals surface area contributed by atoms with E-state index in [0.717, 1.165) is 0 Å². The molecule has 1 fully saturated rings. The summed E-state index contributed by atoms with van der Waals surface area (Å²) in [6.07, 6.45) is 3.15. The Balaban J connectivity index is 2.14. The fourth-order valence-corrected chi connectivity index (χ4v) is 3.08. The van der Waals surface area contributed by atoms with Crippen LogP contribution in [0, 0.1) is 0 Å². The number of hydrogen-bond donors (Lipinski definition) is 1. The van der Waals surface area contributed by atoms with E-state index in [4.69, 9.17) is 16.3 Å². The molecule has 7 heteroatoms. The Morgan fingerprint density at radius 3 is 2.46 bits per heavy atom. The molecule has 1 aliphatic heterocycles. The van der Waals surface area contributed by atoms with Gasteiger partial charge in [0.1, 0.15) is 5.76 Å². The van der Waals surface area contributed by atoms with Gasteiger partial charge in [-0.05, 0) is 42.0 Å². The first-order chi connectivity index (χ1) is 12.5. The maximum Gasteiger partial charge on any atom is 0.295 e. The number of benzene rings is 1. The van der Waals surface area contributed by atoms with Crippen LogP contribution >= 0.6 is 11.6 Å². The van der Waals surface area contributed by atoms with E-state index in [0.29, 0.717) is 16.1 Å². The van der Waals surface area contributed by atoms with Crippen molar-refractivity contribution in [2.24, 2.45) is 0 Å². The standard InChI is InChI=1S/C19H17ClN2O4/c1-26-11-10-22-16(12-6-8-21-9-7-12)15(18(24)19(22)25)17(23)13-2-4-14(20)5-3-13/h2-9,16,23H,10-11H2,1H3/b17-15-. The van der Waals surface area contributed by atoms with Crippen LogP contribution in [0.3, 0.4) is 0 Å². The van der Waals surface area contributed by atoms with Crippen molar-refractivity contribution >= 4 is 29.1 Å². The Morgan fingerprint density at radius 2 is 1.85 bits per heavy atom. The number of aliphatic hydroxyl groups excluding tert-OH is 1. The molecule has 3 rings (SSSR count). The van der Waals surface area contributed by atoms with Gasteiger partial charge in [0.05, 0.1) is 18.2 Å². The lowest BCUT2D eigenvalue weighted by atomic mass is 9.96. The minimum absolute atomic E-state index is 0.0413. The fraction of sp³-hybridized carbons (Fsp3) is 0.211. The van der Waals surface area contributed by atoms with Crippen molar-refractivity contribution in [2.45, 2.75) is 6.04 Å². The molecular weight excluding hydrogens is 356 g/mol. The van der Waals surface area contributed by atoms with Gasteiger partial charge in [-0.2, -0.15) is 0 Å². The highest BCUT2D eigenvalue weighted by Crippen LogP contribution is 2.39. The second-order valence-corrected chi connectivity index (χ2v) is 6.21. The number of rotatable bonds is 5. The molecule has 2 heterocycles. The van der Waals surface area contributed by atoms with Crippen LogP contribution in [0.4, 0.5) is 0 Å². The van der Waals surface area contributed by atoms with E-state index in [1.807, 2.05) is 0 Å². The molecule has 1 unspecified atom stereocenters. The summed E-state index contributed by atoms with van der Waals surface area (Å²) in [5.74, 6) is -1.63. The molecule has 1 aromatic heterocycles. The summed E-state index contributed by atoms with van der Waals surface area (Å²) in [5, 5.41) is 11.3. The first-order valence-corrected chi connectivity index (χ1v) is 8.35. The quantitative estimate of drug-likeness (QED) is 0.496. The zero-order chi connectivity index (χ0) is 18.7. The van der Waals surface area contributed by atoms with Gasteiger partial charge in [-0.1, -0.05) is 11.6 Å². The summed E-state index contributed by atoms with van der Waals surface area (Å²) < 4.78 is 5.05. The maximum absolute atomic E-state index is 12.7. The summed E-state index contributed by atoms with van der Waals surface area (Å²) in [7, 11) is 1.52. The van der Waals surface area contributed by atoms with Crippen molar-refractivity contribution in [1.82, 2.24) is 9.88 Å². The van der Waals surface area contributed by atoms with Crippen molar-refractivity contribution < 1.29 is 19.4 Å². The van der Waals surface area contributed by atoms with Crippen LogP contribution in [0.5, 0.6) is 0 Å². The molecule has 26 heavy (non-hydrogen) atoms. The van der Waals surface area contributed by atoms with Gasteiger partial charge in [0, 0.05) is 36.6 Å². The minimum atomic E-state index is -0.727. The third-order valence-corrected chi connectivity index (χ3v) is 4.47. The minimum Gasteiger partial charge on any atom is -0.507 e. The molecule has 2 aromatic rings. The number of likely N-dealkylation sites (tertiary alicyclic amines) is 1. The van der Waals surface area contributed by atoms with Crippen molar-refractivity contribution in [3.8, 4) is 0 Å². The van der Waals surface area contributed by atoms with Gasteiger partial charge in [0.2, 0.25) is 0 Å². The van der Waals surface area contributed by atoms with E-state index in [2.05, 4.69) is 4.98 Å². The first-order valence-electron chi connectivity index (χ1n) is 7.97. The second kappa shape index (κ2) is 7.68. The van der Waals surface area contributed by atoms with E-state index >= 15 is 0 Å². The molecule has 1 aromatic carbocycles. The Bertz CT molecular complexity index is 850. The average molecular weight is 373 g/mol. The number of nitrogens with zero attached hydrogens (tertiary/aromatic N) is 2. The van der Waals surface area contributed by atoms with Gasteiger partial charge in [0.15, 0.2) is 0 Å². The van der Waals surface area contributed by atoms with Crippen molar-refractivity contribution in [2.75, 3.05) is 20.3 Å². The van der Waals surface area contributed by atoms with Crippen molar-refractivity contribution in [3.63, 3.8) is 0 Å². The number of carbonyl (C=O) groups excluding carboxylic acids is 2. The molecule has 1 N–H and O–H groups in total. The zero-order valence-electron chi connectivity index (χ0n) is 14.1. The number of methoxy groups -OCH3 is 1. The van der Waals surface area contributed by atoms with Crippen LogP contribution < -0.4 is 0 Å². The summed E-state index contributed by atoms with van der Waals surface area (Å²) in [6, 6.07) is 9.15. The molecule has 1 saturated heterocycles. The molecule has 0 spiro atoms. The Labute approximate surface area is 155 Å². The number of ketones is 1. The van der Waals surface area contributed by atoms with E-state index in [-0.39, 0.29) is 24.5 Å². The van der Waals surface area contributed by atoms with Crippen molar-refractivity contribution in [3.05, 3.63) is 70.5 Å². The SMILES string of the molecule is COCCN1C(=O)C(=O)/C(=C(\O)c2ccc(Cl)cc2)C1c1ccncc1. The topological polar surface area (TPSA) is 79.7 Å². The third kappa shape index (κ3) is 3.34. The summed E-state index contributed by atoms with van der Waals surface area (Å²) >= 11 is 5.88. The lowest BCUT2D eigenvalue weighted by Crippen LogP contribution is -2.32. The number of amides is 1. The van der Waals surface area contributed by atoms with E-state index < -0.39 is 17.7 Å². The molecule has 1 amide bonds. The highest BCUT2D eigenvalue weighted by atomic mass is 35.5. The highest BCUT2D eigenvalue weighted by Gasteiger charge is 2.45. The molecule has 6 nitrogen and oxygen atoms in total. The van der Waals surface area contributed by atoms with E-state index in [1.54, 1.807) is 48.8 Å². The number of Topliss-reactive ketones (excluding diaryl/α,β-unsaturated/α-hetero) is 1.